The number of hydrogen-bond acceptors (Lipinski definition) is 5. The Balaban J connectivity index is 1.50. The molecule has 0 aromatic carbocycles. The Kier molecular flexibility index (Phi) is 4.92. The summed E-state index contributed by atoms with van der Waals surface area (Å²) in [7, 11) is 2.13. The number of rotatable bonds is 5. The van der Waals surface area contributed by atoms with Crippen LogP contribution < -0.4 is 10.2 Å². The van der Waals surface area contributed by atoms with Crippen molar-refractivity contribution >= 4 is 17.4 Å². The number of nitrogens with zero attached hydrogens (tertiary/aromatic N) is 3. The predicted molar refractivity (Wildman–Crippen MR) is 89.6 cm³/mol. The molecule has 0 bridgehead atoms. The largest absolute Gasteiger partial charge is 0.469 e. The van der Waals surface area contributed by atoms with Crippen molar-refractivity contribution in [2.24, 2.45) is 0 Å². The van der Waals surface area contributed by atoms with Gasteiger partial charge in [-0.3, -0.25) is 4.79 Å². The van der Waals surface area contributed by atoms with E-state index in [0.29, 0.717) is 12.8 Å². The van der Waals surface area contributed by atoms with E-state index in [1.165, 1.54) is 0 Å². The van der Waals surface area contributed by atoms with Gasteiger partial charge in [-0.1, -0.05) is 0 Å². The quantitative estimate of drug-likeness (QED) is 0.914. The van der Waals surface area contributed by atoms with Crippen LogP contribution >= 0.6 is 0 Å². The zero-order chi connectivity index (χ0) is 16.1. The van der Waals surface area contributed by atoms with E-state index in [-0.39, 0.29) is 5.91 Å². The minimum absolute atomic E-state index is 0.0319. The second kappa shape index (κ2) is 7.28. The van der Waals surface area contributed by atoms with Crippen molar-refractivity contribution in [3.8, 4) is 0 Å². The number of anilines is 2. The molecule has 1 N–H and O–H groups in total. The van der Waals surface area contributed by atoms with Crippen LogP contribution in [0.3, 0.4) is 0 Å². The maximum absolute atomic E-state index is 11.9. The summed E-state index contributed by atoms with van der Waals surface area (Å²) in [6, 6.07) is 7.58. The van der Waals surface area contributed by atoms with Gasteiger partial charge in [-0.25, -0.2) is 4.98 Å². The zero-order valence-corrected chi connectivity index (χ0v) is 13.4. The van der Waals surface area contributed by atoms with Crippen molar-refractivity contribution in [1.29, 1.82) is 0 Å². The highest BCUT2D eigenvalue weighted by molar-refractivity contribution is 5.90. The van der Waals surface area contributed by atoms with Crippen LogP contribution in [0.5, 0.6) is 0 Å². The summed E-state index contributed by atoms with van der Waals surface area (Å²) in [4.78, 5) is 21.0. The number of hydrogen-bond donors (Lipinski definition) is 1. The van der Waals surface area contributed by atoms with Gasteiger partial charge in [0.05, 0.1) is 18.1 Å². The van der Waals surface area contributed by atoms with E-state index in [0.717, 1.165) is 43.4 Å². The molecule has 1 aliphatic rings. The maximum Gasteiger partial charge on any atom is 0.224 e. The molecule has 0 spiro atoms. The molecule has 0 unspecified atom stereocenters. The first kappa shape index (κ1) is 15.6. The Morgan fingerprint density at radius 2 is 2.09 bits per heavy atom. The highest BCUT2D eigenvalue weighted by Gasteiger charge is 2.15. The lowest BCUT2D eigenvalue weighted by atomic mass is 10.2. The zero-order valence-electron chi connectivity index (χ0n) is 13.4. The first-order valence-corrected chi connectivity index (χ1v) is 7.92. The Morgan fingerprint density at radius 3 is 2.74 bits per heavy atom. The first-order valence-electron chi connectivity index (χ1n) is 7.92. The molecular formula is C17H22N4O2. The van der Waals surface area contributed by atoms with E-state index in [1.807, 2.05) is 24.3 Å². The molecule has 2 aromatic heterocycles. The third-order valence-electron chi connectivity index (χ3n) is 4.04. The fourth-order valence-electron chi connectivity index (χ4n) is 2.60. The normalized spacial score (nSPS) is 15.6. The van der Waals surface area contributed by atoms with E-state index >= 15 is 0 Å². The van der Waals surface area contributed by atoms with Gasteiger partial charge < -0.3 is 19.5 Å². The molecule has 2 aromatic rings. The molecule has 1 aliphatic heterocycles. The second-order valence-corrected chi connectivity index (χ2v) is 5.82. The molecular weight excluding hydrogens is 292 g/mol. The molecule has 0 aliphatic carbocycles. The lowest BCUT2D eigenvalue weighted by Gasteiger charge is -2.33. The van der Waals surface area contributed by atoms with Crippen LogP contribution in [0.1, 0.15) is 12.2 Å². The van der Waals surface area contributed by atoms with Gasteiger partial charge in [0.25, 0.3) is 0 Å². The summed E-state index contributed by atoms with van der Waals surface area (Å²) < 4.78 is 5.22. The number of furan rings is 1. The number of piperazine rings is 1. The third kappa shape index (κ3) is 4.32. The molecule has 0 saturated carbocycles. The van der Waals surface area contributed by atoms with Gasteiger partial charge in [-0.2, -0.15) is 0 Å². The molecule has 3 rings (SSSR count). The van der Waals surface area contributed by atoms with Crippen LogP contribution in [0, 0.1) is 0 Å². The average Bonchev–Trinajstić information content (AvgIpc) is 3.08. The van der Waals surface area contributed by atoms with Crippen LogP contribution in [0.15, 0.2) is 41.1 Å². The number of pyridine rings is 1. The van der Waals surface area contributed by atoms with Gasteiger partial charge >= 0.3 is 0 Å². The molecule has 0 atom stereocenters. The van der Waals surface area contributed by atoms with E-state index in [4.69, 9.17) is 4.42 Å². The van der Waals surface area contributed by atoms with Crippen molar-refractivity contribution in [3.05, 3.63) is 42.5 Å². The summed E-state index contributed by atoms with van der Waals surface area (Å²) in [5.74, 6) is 1.76. The highest BCUT2D eigenvalue weighted by atomic mass is 16.3. The number of carbonyl (C=O) groups is 1. The molecule has 0 radical (unpaired) electrons. The molecule has 3 heterocycles. The Morgan fingerprint density at radius 1 is 1.26 bits per heavy atom. The molecule has 23 heavy (non-hydrogen) atoms. The van der Waals surface area contributed by atoms with Crippen molar-refractivity contribution in [3.63, 3.8) is 0 Å². The highest BCUT2D eigenvalue weighted by Crippen LogP contribution is 2.16. The van der Waals surface area contributed by atoms with Gasteiger partial charge in [0.15, 0.2) is 0 Å². The van der Waals surface area contributed by atoms with Crippen LogP contribution in [-0.2, 0) is 11.2 Å². The van der Waals surface area contributed by atoms with Gasteiger partial charge in [0.2, 0.25) is 5.91 Å². The maximum atomic E-state index is 11.9. The fraction of sp³-hybridized carbons (Fsp3) is 0.412. The lowest BCUT2D eigenvalue weighted by Crippen LogP contribution is -2.44. The van der Waals surface area contributed by atoms with Gasteiger partial charge in [-0.05, 0) is 31.3 Å². The van der Waals surface area contributed by atoms with Crippen LogP contribution in [0.4, 0.5) is 11.5 Å². The Bertz CT molecular complexity index is 617. The Hall–Kier alpha value is -2.34. The monoisotopic (exact) mass is 314 g/mol. The number of aromatic nitrogens is 1. The molecule has 1 saturated heterocycles. The SMILES string of the molecule is CN1CCN(c2ccc(NC(=O)CCc3ccco3)cn2)CC1. The standard InChI is InChI=1S/C17H22N4O2/c1-20-8-10-21(11-9-20)16-6-4-14(13-18-16)19-17(22)7-5-15-3-2-12-23-15/h2-4,6,12-13H,5,7-11H2,1H3,(H,19,22). The summed E-state index contributed by atoms with van der Waals surface area (Å²) in [5, 5.41) is 2.87. The van der Waals surface area contributed by atoms with E-state index in [9.17, 15) is 4.79 Å². The third-order valence-corrected chi connectivity index (χ3v) is 4.04. The predicted octanol–water partition coefficient (Wildman–Crippen LogP) is 2.00. The first-order chi connectivity index (χ1) is 11.2. The molecule has 1 amide bonds. The van der Waals surface area contributed by atoms with Crippen molar-refractivity contribution in [1.82, 2.24) is 9.88 Å². The number of carbonyl (C=O) groups excluding carboxylic acids is 1. The van der Waals surface area contributed by atoms with Crippen LogP contribution in [0.25, 0.3) is 0 Å². The lowest BCUT2D eigenvalue weighted by molar-refractivity contribution is -0.116. The van der Waals surface area contributed by atoms with Crippen molar-refractivity contribution < 1.29 is 9.21 Å². The van der Waals surface area contributed by atoms with Crippen molar-refractivity contribution in [2.45, 2.75) is 12.8 Å². The number of amides is 1. The minimum Gasteiger partial charge on any atom is -0.469 e. The average molecular weight is 314 g/mol. The minimum atomic E-state index is -0.0319. The summed E-state index contributed by atoms with van der Waals surface area (Å²) in [6.07, 6.45) is 4.34. The van der Waals surface area contributed by atoms with E-state index < -0.39 is 0 Å². The second-order valence-electron chi connectivity index (χ2n) is 5.82. The number of aryl methyl sites for hydroxylation is 1. The van der Waals surface area contributed by atoms with Crippen LogP contribution in [-0.4, -0.2) is 49.0 Å². The smallest absolute Gasteiger partial charge is 0.224 e. The molecule has 6 nitrogen and oxygen atoms in total. The molecule has 1 fully saturated rings. The number of likely N-dealkylation sites (N-methyl/N-ethyl adjacent to an activating group) is 1. The summed E-state index contributed by atoms with van der Waals surface area (Å²) in [5.41, 5.74) is 0.729. The van der Waals surface area contributed by atoms with E-state index in [2.05, 4.69) is 27.1 Å². The fourth-order valence-corrected chi connectivity index (χ4v) is 2.60. The van der Waals surface area contributed by atoms with Crippen molar-refractivity contribution in [2.75, 3.05) is 43.4 Å². The molecule has 122 valence electrons. The van der Waals surface area contributed by atoms with Gasteiger partial charge in [-0.15, -0.1) is 0 Å². The molecule has 6 heteroatoms. The van der Waals surface area contributed by atoms with Gasteiger partial charge in [0, 0.05) is 39.0 Å². The van der Waals surface area contributed by atoms with E-state index in [1.54, 1.807) is 12.5 Å². The van der Waals surface area contributed by atoms with Gasteiger partial charge in [0.1, 0.15) is 11.6 Å². The summed E-state index contributed by atoms with van der Waals surface area (Å²) in [6.45, 7) is 4.07. The summed E-state index contributed by atoms with van der Waals surface area (Å²) >= 11 is 0. The Labute approximate surface area is 136 Å². The number of nitrogens with one attached hydrogen (secondary N) is 1. The topological polar surface area (TPSA) is 61.6 Å². The van der Waals surface area contributed by atoms with Crippen LogP contribution in [0.2, 0.25) is 0 Å².